The third-order valence-corrected chi connectivity index (χ3v) is 3.31. The molecule has 0 saturated carbocycles. The minimum absolute atomic E-state index is 0.192. The van der Waals surface area contributed by atoms with E-state index in [1.165, 1.54) is 0 Å². The molecule has 3 N–H and O–H groups in total. The van der Waals surface area contributed by atoms with E-state index in [0.29, 0.717) is 17.9 Å². The Morgan fingerprint density at radius 3 is 2.64 bits per heavy atom. The molecule has 5 nitrogen and oxygen atoms in total. The number of amides is 2. The van der Waals surface area contributed by atoms with Gasteiger partial charge in [-0.2, -0.15) is 0 Å². The zero-order valence-electron chi connectivity index (χ0n) is 11.7. The molecule has 2 aromatic rings. The molecule has 2 amide bonds. The highest BCUT2D eigenvalue weighted by molar-refractivity contribution is 9.10. The quantitative estimate of drug-likeness (QED) is 0.826. The van der Waals surface area contributed by atoms with E-state index in [-0.39, 0.29) is 12.5 Å². The number of hydrogen-bond donors (Lipinski definition) is 2. The number of benzene rings is 2. The summed E-state index contributed by atoms with van der Waals surface area (Å²) in [5.74, 6) is -0.381. The van der Waals surface area contributed by atoms with Crippen LogP contribution < -0.4 is 15.8 Å². The normalized spacial score (nSPS) is 10.0. The van der Waals surface area contributed by atoms with Crippen LogP contribution in [0, 0.1) is 0 Å². The van der Waals surface area contributed by atoms with Crippen molar-refractivity contribution in [2.24, 2.45) is 5.73 Å². The third-order valence-electron chi connectivity index (χ3n) is 2.81. The van der Waals surface area contributed by atoms with Crippen LogP contribution in [0.15, 0.2) is 53.0 Å². The van der Waals surface area contributed by atoms with Gasteiger partial charge in [0, 0.05) is 10.0 Å². The van der Waals surface area contributed by atoms with Crippen molar-refractivity contribution in [3.8, 4) is 5.75 Å². The Labute approximate surface area is 136 Å². The smallest absolute Gasteiger partial charge is 0.251 e. The van der Waals surface area contributed by atoms with E-state index < -0.39 is 5.91 Å². The zero-order chi connectivity index (χ0) is 15.9. The molecular weight excluding hydrogens is 348 g/mol. The van der Waals surface area contributed by atoms with Crippen molar-refractivity contribution >= 4 is 27.7 Å². The molecule has 0 radical (unpaired) electrons. The number of carbonyl (C=O) groups is 2. The van der Waals surface area contributed by atoms with Crippen LogP contribution in [0.5, 0.6) is 5.75 Å². The summed E-state index contributed by atoms with van der Waals surface area (Å²) in [5.41, 5.74) is 6.41. The van der Waals surface area contributed by atoms with Crippen molar-refractivity contribution in [3.63, 3.8) is 0 Å². The molecule has 0 bridgehead atoms. The second-order valence-electron chi connectivity index (χ2n) is 4.60. The Balaban J connectivity index is 1.99. The molecule has 0 unspecified atom stereocenters. The monoisotopic (exact) mass is 362 g/mol. The maximum absolute atomic E-state index is 11.8. The second kappa shape index (κ2) is 7.61. The minimum Gasteiger partial charge on any atom is -0.489 e. The van der Waals surface area contributed by atoms with Crippen molar-refractivity contribution in [2.45, 2.75) is 6.61 Å². The first-order valence-corrected chi connectivity index (χ1v) is 7.38. The van der Waals surface area contributed by atoms with Crippen molar-refractivity contribution in [3.05, 3.63) is 64.1 Å². The number of rotatable bonds is 6. The van der Waals surface area contributed by atoms with E-state index in [2.05, 4.69) is 21.2 Å². The van der Waals surface area contributed by atoms with Crippen molar-refractivity contribution in [1.29, 1.82) is 0 Å². The summed E-state index contributed by atoms with van der Waals surface area (Å²) in [6.45, 7) is 0.202. The fraction of sp³-hybridized carbons (Fsp3) is 0.125. The van der Waals surface area contributed by atoms with Gasteiger partial charge in [0.25, 0.3) is 5.91 Å². The fourth-order valence-corrected chi connectivity index (χ4v) is 2.24. The predicted octanol–water partition coefficient (Wildman–Crippen LogP) is 2.24. The molecule has 0 aliphatic rings. The van der Waals surface area contributed by atoms with Gasteiger partial charge < -0.3 is 15.8 Å². The van der Waals surface area contributed by atoms with Gasteiger partial charge in [0.1, 0.15) is 12.4 Å². The average molecular weight is 363 g/mol. The summed E-state index contributed by atoms with van der Waals surface area (Å²) < 4.78 is 6.65. The van der Waals surface area contributed by atoms with Crippen LogP contribution in [-0.4, -0.2) is 18.4 Å². The molecule has 6 heteroatoms. The van der Waals surface area contributed by atoms with Crippen LogP contribution in [-0.2, 0) is 11.4 Å². The third kappa shape index (κ3) is 4.89. The molecule has 0 atom stereocenters. The number of ether oxygens (including phenoxy) is 1. The molecule has 0 aliphatic carbocycles. The van der Waals surface area contributed by atoms with Crippen LogP contribution in [0.4, 0.5) is 0 Å². The highest BCUT2D eigenvalue weighted by atomic mass is 79.9. The molecule has 0 fully saturated rings. The Morgan fingerprint density at radius 1 is 1.14 bits per heavy atom. The lowest BCUT2D eigenvalue weighted by atomic mass is 10.2. The molecule has 0 heterocycles. The number of nitrogens with two attached hydrogens (primary N) is 1. The Kier molecular flexibility index (Phi) is 5.55. The standard InChI is InChI=1S/C16H15BrN2O3/c17-13-5-1-3-11(7-13)10-22-14-6-2-4-12(8-14)16(21)19-9-15(18)20/h1-8H,9-10H2,(H2,18,20)(H,19,21). The zero-order valence-corrected chi connectivity index (χ0v) is 13.3. The topological polar surface area (TPSA) is 81.4 Å². The largest absolute Gasteiger partial charge is 0.489 e. The Bertz CT molecular complexity index is 689. The Hall–Kier alpha value is -2.34. The molecule has 114 valence electrons. The van der Waals surface area contributed by atoms with Crippen LogP contribution in [0.3, 0.4) is 0 Å². The van der Waals surface area contributed by atoms with Crippen LogP contribution >= 0.6 is 15.9 Å². The molecular formula is C16H15BrN2O3. The van der Waals surface area contributed by atoms with Gasteiger partial charge in [-0.15, -0.1) is 0 Å². The first-order valence-electron chi connectivity index (χ1n) is 6.58. The number of nitrogens with one attached hydrogen (secondary N) is 1. The maximum Gasteiger partial charge on any atom is 0.251 e. The van der Waals surface area contributed by atoms with E-state index in [9.17, 15) is 9.59 Å². The Morgan fingerprint density at radius 2 is 1.91 bits per heavy atom. The van der Waals surface area contributed by atoms with Gasteiger partial charge in [-0.05, 0) is 35.9 Å². The first kappa shape index (κ1) is 16.0. The first-order chi connectivity index (χ1) is 10.5. The van der Waals surface area contributed by atoms with Crippen molar-refractivity contribution in [2.75, 3.05) is 6.54 Å². The lowest BCUT2D eigenvalue weighted by molar-refractivity contribution is -0.117. The summed E-state index contributed by atoms with van der Waals surface area (Å²) in [6.07, 6.45) is 0. The summed E-state index contributed by atoms with van der Waals surface area (Å²) in [7, 11) is 0. The molecule has 0 saturated heterocycles. The van der Waals surface area contributed by atoms with Crippen LogP contribution in [0.25, 0.3) is 0 Å². The molecule has 2 rings (SSSR count). The minimum atomic E-state index is -0.588. The van der Waals surface area contributed by atoms with Gasteiger partial charge in [0.2, 0.25) is 5.91 Å². The highest BCUT2D eigenvalue weighted by Crippen LogP contribution is 2.17. The van der Waals surface area contributed by atoms with Crippen LogP contribution in [0.2, 0.25) is 0 Å². The number of halogens is 1. The lowest BCUT2D eigenvalue weighted by Gasteiger charge is -2.08. The van der Waals surface area contributed by atoms with Gasteiger partial charge >= 0.3 is 0 Å². The summed E-state index contributed by atoms with van der Waals surface area (Å²) in [5, 5.41) is 2.43. The van der Waals surface area contributed by atoms with E-state index in [1.54, 1.807) is 24.3 Å². The number of hydrogen-bond acceptors (Lipinski definition) is 3. The molecule has 2 aromatic carbocycles. The van der Waals surface area contributed by atoms with Gasteiger partial charge in [0.05, 0.1) is 6.54 Å². The summed E-state index contributed by atoms with van der Waals surface area (Å²) in [4.78, 5) is 22.5. The molecule has 0 aromatic heterocycles. The van der Waals surface area contributed by atoms with E-state index in [1.807, 2.05) is 24.3 Å². The number of primary amides is 1. The molecule has 0 spiro atoms. The van der Waals surface area contributed by atoms with E-state index in [0.717, 1.165) is 10.0 Å². The van der Waals surface area contributed by atoms with Gasteiger partial charge in [-0.1, -0.05) is 34.1 Å². The highest BCUT2D eigenvalue weighted by Gasteiger charge is 2.07. The SMILES string of the molecule is NC(=O)CNC(=O)c1cccc(OCc2cccc(Br)c2)c1. The van der Waals surface area contributed by atoms with Crippen LogP contribution in [0.1, 0.15) is 15.9 Å². The van der Waals surface area contributed by atoms with Gasteiger partial charge in [0.15, 0.2) is 0 Å². The predicted molar refractivity (Wildman–Crippen MR) is 86.4 cm³/mol. The van der Waals surface area contributed by atoms with Gasteiger partial charge in [-0.3, -0.25) is 9.59 Å². The van der Waals surface area contributed by atoms with Crippen molar-refractivity contribution in [1.82, 2.24) is 5.32 Å². The maximum atomic E-state index is 11.8. The lowest BCUT2D eigenvalue weighted by Crippen LogP contribution is -2.33. The number of carbonyl (C=O) groups excluding carboxylic acids is 2. The van der Waals surface area contributed by atoms with E-state index >= 15 is 0 Å². The van der Waals surface area contributed by atoms with E-state index in [4.69, 9.17) is 10.5 Å². The second-order valence-corrected chi connectivity index (χ2v) is 5.51. The fourth-order valence-electron chi connectivity index (χ4n) is 1.79. The molecule has 22 heavy (non-hydrogen) atoms. The average Bonchev–Trinajstić information content (AvgIpc) is 2.51. The molecule has 0 aliphatic heterocycles. The summed E-state index contributed by atoms with van der Waals surface area (Å²) in [6, 6.07) is 14.5. The summed E-state index contributed by atoms with van der Waals surface area (Å²) >= 11 is 3.40. The van der Waals surface area contributed by atoms with Crippen molar-refractivity contribution < 1.29 is 14.3 Å². The van der Waals surface area contributed by atoms with Gasteiger partial charge in [-0.25, -0.2) is 0 Å².